The van der Waals surface area contributed by atoms with Crippen molar-refractivity contribution in [2.45, 2.75) is 12.2 Å². The Morgan fingerprint density at radius 3 is 3.00 bits per heavy atom. The first-order chi connectivity index (χ1) is 3.84. The molecule has 0 aromatic carbocycles. The van der Waals surface area contributed by atoms with Gasteiger partial charge in [0.2, 0.25) is 5.91 Å². The lowest BCUT2D eigenvalue weighted by molar-refractivity contribution is -0.119. The van der Waals surface area contributed by atoms with Gasteiger partial charge in [-0.25, -0.2) is 0 Å². The van der Waals surface area contributed by atoms with Crippen LogP contribution >= 0.6 is 11.8 Å². The van der Waals surface area contributed by atoms with Crippen molar-refractivity contribution in [3.63, 3.8) is 0 Å². The van der Waals surface area contributed by atoms with Crippen LogP contribution in [0.5, 0.6) is 0 Å². The summed E-state index contributed by atoms with van der Waals surface area (Å²) in [7, 11) is 0. The molecule has 0 bridgehead atoms. The van der Waals surface area contributed by atoms with E-state index < -0.39 is 0 Å². The van der Waals surface area contributed by atoms with Crippen molar-refractivity contribution in [3.05, 3.63) is 0 Å². The van der Waals surface area contributed by atoms with E-state index in [2.05, 4.69) is 5.32 Å². The molecule has 1 fully saturated rings. The molecule has 0 aromatic rings. The Morgan fingerprint density at radius 2 is 2.62 bits per heavy atom. The van der Waals surface area contributed by atoms with Crippen molar-refractivity contribution in [1.29, 1.82) is 0 Å². The lowest BCUT2D eigenvalue weighted by atomic mass is 10.4. The second-order valence-corrected chi connectivity index (χ2v) is 2.95. The van der Waals surface area contributed by atoms with Crippen LogP contribution in [0.1, 0.15) is 6.92 Å². The van der Waals surface area contributed by atoms with E-state index in [1.165, 1.54) is 0 Å². The zero-order chi connectivity index (χ0) is 5.98. The molecule has 0 radical (unpaired) electrons. The first-order valence-electron chi connectivity index (χ1n) is 2.74. The summed E-state index contributed by atoms with van der Waals surface area (Å²) in [6.07, 6.45) is 0. The number of rotatable bonds is 2. The Bertz CT molecular complexity index is 101. The van der Waals surface area contributed by atoms with Gasteiger partial charge in [-0.3, -0.25) is 4.79 Å². The average Bonchev–Trinajstić information content (AvgIpc) is 2.45. The van der Waals surface area contributed by atoms with Gasteiger partial charge in [0, 0.05) is 12.3 Å². The van der Waals surface area contributed by atoms with Gasteiger partial charge in [-0.2, -0.15) is 0 Å². The van der Waals surface area contributed by atoms with Crippen LogP contribution in [0, 0.1) is 0 Å². The molecule has 1 heterocycles. The highest BCUT2D eigenvalue weighted by Gasteiger charge is 2.29. The van der Waals surface area contributed by atoms with Crippen molar-refractivity contribution in [2.24, 2.45) is 0 Å². The maximum absolute atomic E-state index is 10.7. The summed E-state index contributed by atoms with van der Waals surface area (Å²) < 4.78 is 0. The van der Waals surface area contributed by atoms with Gasteiger partial charge in [0.15, 0.2) is 0 Å². The van der Waals surface area contributed by atoms with Crippen molar-refractivity contribution in [3.8, 4) is 0 Å². The minimum atomic E-state index is 0.206. The smallest absolute Gasteiger partial charge is 0.233 e. The average molecular weight is 131 g/mol. The number of hydrogen-bond donors (Lipinski definition) is 1. The van der Waals surface area contributed by atoms with Gasteiger partial charge < -0.3 is 5.32 Å². The number of carbonyl (C=O) groups excluding carboxylic acids is 1. The molecule has 0 spiro atoms. The third-order valence-electron chi connectivity index (χ3n) is 0.977. The normalized spacial score (nSPS) is 24.9. The fourth-order valence-corrected chi connectivity index (χ4v) is 0.970. The summed E-state index contributed by atoms with van der Waals surface area (Å²) in [5.74, 6) is 1.23. The third kappa shape index (κ3) is 1.40. The second kappa shape index (κ2) is 2.40. The van der Waals surface area contributed by atoms with Crippen LogP contribution in [0.4, 0.5) is 0 Å². The molecular weight excluding hydrogens is 122 g/mol. The third-order valence-corrected chi connectivity index (χ3v) is 1.86. The van der Waals surface area contributed by atoms with Gasteiger partial charge in [-0.05, 0) is 6.92 Å². The fraction of sp³-hybridized carbons (Fsp3) is 0.800. The van der Waals surface area contributed by atoms with Crippen LogP contribution < -0.4 is 5.32 Å². The molecule has 0 aromatic heterocycles. The molecular formula is C5H9NOS. The molecule has 1 unspecified atom stereocenters. The zero-order valence-electron chi connectivity index (χ0n) is 4.81. The minimum absolute atomic E-state index is 0.206. The molecule has 1 aliphatic heterocycles. The zero-order valence-corrected chi connectivity index (χ0v) is 5.62. The lowest BCUT2D eigenvalue weighted by Crippen LogP contribution is -2.26. The molecule has 1 atom stereocenters. The molecule has 2 nitrogen and oxygen atoms in total. The minimum Gasteiger partial charge on any atom is -0.355 e. The SMILES string of the molecule is CCNC(=O)C1CS1. The summed E-state index contributed by atoms with van der Waals surface area (Å²) in [6.45, 7) is 2.70. The van der Waals surface area contributed by atoms with Gasteiger partial charge in [-0.1, -0.05) is 0 Å². The quantitative estimate of drug-likeness (QED) is 0.544. The van der Waals surface area contributed by atoms with Gasteiger partial charge >= 0.3 is 0 Å². The monoisotopic (exact) mass is 131 g/mol. The maximum Gasteiger partial charge on any atom is 0.233 e. The van der Waals surface area contributed by atoms with Crippen LogP contribution in [0.3, 0.4) is 0 Å². The van der Waals surface area contributed by atoms with Crippen LogP contribution in [-0.4, -0.2) is 23.5 Å². The van der Waals surface area contributed by atoms with Crippen LogP contribution in [-0.2, 0) is 4.79 Å². The van der Waals surface area contributed by atoms with E-state index in [0.29, 0.717) is 0 Å². The van der Waals surface area contributed by atoms with Gasteiger partial charge in [0.05, 0.1) is 5.25 Å². The number of nitrogens with one attached hydrogen (secondary N) is 1. The summed E-state index contributed by atoms with van der Waals surface area (Å²) >= 11 is 1.70. The predicted octanol–water partition coefficient (Wildman–Crippen LogP) is 0.238. The standard InChI is InChI=1S/C5H9NOS/c1-2-6-5(7)4-3-8-4/h4H,2-3H2,1H3,(H,6,7). The molecule has 1 aliphatic rings. The molecule has 1 N–H and O–H groups in total. The van der Waals surface area contributed by atoms with E-state index in [-0.39, 0.29) is 11.2 Å². The Labute approximate surface area is 53.0 Å². The molecule has 1 saturated heterocycles. The molecule has 0 aliphatic carbocycles. The van der Waals surface area contributed by atoms with E-state index in [1.54, 1.807) is 11.8 Å². The first-order valence-corrected chi connectivity index (χ1v) is 3.78. The van der Waals surface area contributed by atoms with Gasteiger partial charge in [0.1, 0.15) is 0 Å². The van der Waals surface area contributed by atoms with E-state index in [4.69, 9.17) is 0 Å². The van der Waals surface area contributed by atoms with Crippen molar-refractivity contribution >= 4 is 17.7 Å². The Kier molecular flexibility index (Phi) is 1.78. The predicted molar refractivity (Wildman–Crippen MR) is 34.9 cm³/mol. The van der Waals surface area contributed by atoms with Crippen molar-refractivity contribution < 1.29 is 4.79 Å². The van der Waals surface area contributed by atoms with Crippen LogP contribution in [0.25, 0.3) is 0 Å². The van der Waals surface area contributed by atoms with Crippen molar-refractivity contribution in [2.75, 3.05) is 12.3 Å². The lowest BCUT2D eigenvalue weighted by Gasteiger charge is -1.94. The maximum atomic E-state index is 10.7. The molecule has 8 heavy (non-hydrogen) atoms. The van der Waals surface area contributed by atoms with Crippen molar-refractivity contribution in [1.82, 2.24) is 5.32 Å². The summed E-state index contributed by atoms with van der Waals surface area (Å²) in [5, 5.41) is 3.03. The molecule has 0 saturated carbocycles. The molecule has 1 rings (SSSR count). The van der Waals surface area contributed by atoms with Crippen LogP contribution in [0.15, 0.2) is 0 Å². The summed E-state index contributed by atoms with van der Waals surface area (Å²) in [4.78, 5) is 10.7. The number of carbonyl (C=O) groups is 1. The Hall–Kier alpha value is -0.180. The van der Waals surface area contributed by atoms with E-state index >= 15 is 0 Å². The Balaban J connectivity index is 2.13. The topological polar surface area (TPSA) is 29.1 Å². The van der Waals surface area contributed by atoms with E-state index in [9.17, 15) is 4.79 Å². The Morgan fingerprint density at radius 1 is 2.00 bits per heavy atom. The summed E-state index contributed by atoms with van der Waals surface area (Å²) in [5.41, 5.74) is 0. The van der Waals surface area contributed by atoms with Gasteiger partial charge in [-0.15, -0.1) is 11.8 Å². The molecule has 1 amide bonds. The highest BCUT2D eigenvalue weighted by Crippen LogP contribution is 2.29. The van der Waals surface area contributed by atoms with Gasteiger partial charge in [0.25, 0.3) is 0 Å². The molecule has 3 heteroatoms. The number of amides is 1. The summed E-state index contributed by atoms with van der Waals surface area (Å²) in [6, 6.07) is 0. The van der Waals surface area contributed by atoms with E-state index in [1.807, 2.05) is 6.92 Å². The highest BCUT2D eigenvalue weighted by atomic mass is 32.2. The largest absolute Gasteiger partial charge is 0.355 e. The fourth-order valence-electron chi connectivity index (χ4n) is 0.488. The van der Waals surface area contributed by atoms with Crippen LogP contribution in [0.2, 0.25) is 0 Å². The second-order valence-electron chi connectivity index (χ2n) is 1.72. The highest BCUT2D eigenvalue weighted by molar-refractivity contribution is 8.07. The number of hydrogen-bond acceptors (Lipinski definition) is 2. The first kappa shape index (κ1) is 5.95. The molecule has 46 valence electrons. The van der Waals surface area contributed by atoms with E-state index in [0.717, 1.165) is 12.3 Å². The number of thioether (sulfide) groups is 1.